The molecule has 120 valence electrons. The quantitative estimate of drug-likeness (QED) is 0.721. The molecule has 3 nitrogen and oxygen atoms in total. The molecule has 0 spiro atoms. The summed E-state index contributed by atoms with van der Waals surface area (Å²) >= 11 is 0. The fraction of sp³-hybridized carbons (Fsp3) is 0.238. The molecular formula is C21H20N2O. The van der Waals surface area contributed by atoms with Crippen LogP contribution in [0.5, 0.6) is 0 Å². The average Bonchev–Trinajstić information content (AvgIpc) is 2.60. The van der Waals surface area contributed by atoms with E-state index in [1.54, 1.807) is 0 Å². The van der Waals surface area contributed by atoms with Gasteiger partial charge in [0.1, 0.15) is 0 Å². The Bertz CT molecular complexity index is 869. The summed E-state index contributed by atoms with van der Waals surface area (Å²) in [7, 11) is 0. The van der Waals surface area contributed by atoms with Crippen LogP contribution >= 0.6 is 0 Å². The van der Waals surface area contributed by atoms with Crippen LogP contribution in [0.15, 0.2) is 60.7 Å². The molecular weight excluding hydrogens is 296 g/mol. The van der Waals surface area contributed by atoms with Gasteiger partial charge >= 0.3 is 0 Å². The van der Waals surface area contributed by atoms with Gasteiger partial charge < -0.3 is 5.32 Å². The molecule has 0 bridgehead atoms. The number of Topliss-reactive ketones (excluding diaryl/α,β-unsaturated/α-hetero) is 1. The van der Waals surface area contributed by atoms with Crippen molar-refractivity contribution in [2.24, 2.45) is 5.92 Å². The Balaban J connectivity index is 1.73. The topological polar surface area (TPSA) is 42.0 Å². The molecule has 2 heterocycles. The summed E-state index contributed by atoms with van der Waals surface area (Å²) in [5, 5.41) is 4.22. The lowest BCUT2D eigenvalue weighted by Crippen LogP contribution is -2.42. The van der Waals surface area contributed by atoms with Crippen molar-refractivity contribution >= 4 is 16.7 Å². The van der Waals surface area contributed by atoms with Crippen molar-refractivity contribution in [2.45, 2.75) is 12.8 Å². The van der Waals surface area contributed by atoms with Gasteiger partial charge in [-0.3, -0.25) is 4.79 Å². The SMILES string of the molecule is O=C(CCC1CNC1)c1cc(-c2ccccc2)nc2ccccc12. The number of carbonyl (C=O) groups excluding carboxylic acids is 1. The van der Waals surface area contributed by atoms with E-state index in [1.807, 2.05) is 60.7 Å². The van der Waals surface area contributed by atoms with Crippen LogP contribution in [0.2, 0.25) is 0 Å². The lowest BCUT2D eigenvalue weighted by molar-refractivity contribution is 0.0970. The number of carbonyl (C=O) groups is 1. The van der Waals surface area contributed by atoms with Gasteiger partial charge in [0, 0.05) is 22.9 Å². The van der Waals surface area contributed by atoms with E-state index < -0.39 is 0 Å². The average molecular weight is 316 g/mol. The Labute approximate surface area is 141 Å². The Kier molecular flexibility index (Phi) is 4.09. The van der Waals surface area contributed by atoms with E-state index >= 15 is 0 Å². The van der Waals surface area contributed by atoms with E-state index in [9.17, 15) is 4.79 Å². The van der Waals surface area contributed by atoms with Gasteiger partial charge in [-0.2, -0.15) is 0 Å². The van der Waals surface area contributed by atoms with E-state index in [0.29, 0.717) is 12.3 Å². The number of nitrogens with zero attached hydrogens (tertiary/aromatic N) is 1. The van der Waals surface area contributed by atoms with Gasteiger partial charge in [0.05, 0.1) is 11.2 Å². The third-order valence-electron chi connectivity index (χ3n) is 4.73. The number of hydrogen-bond donors (Lipinski definition) is 1. The van der Waals surface area contributed by atoms with Crippen LogP contribution < -0.4 is 5.32 Å². The van der Waals surface area contributed by atoms with E-state index in [4.69, 9.17) is 4.98 Å². The summed E-state index contributed by atoms with van der Waals surface area (Å²) < 4.78 is 0. The molecule has 0 radical (unpaired) electrons. The fourth-order valence-corrected chi connectivity index (χ4v) is 3.19. The third kappa shape index (κ3) is 2.95. The maximum Gasteiger partial charge on any atom is 0.163 e. The lowest BCUT2D eigenvalue weighted by Gasteiger charge is -2.26. The van der Waals surface area contributed by atoms with Crippen LogP contribution in [-0.2, 0) is 0 Å². The third-order valence-corrected chi connectivity index (χ3v) is 4.73. The van der Waals surface area contributed by atoms with Crippen molar-refractivity contribution in [3.63, 3.8) is 0 Å². The number of nitrogens with one attached hydrogen (secondary N) is 1. The first-order valence-corrected chi connectivity index (χ1v) is 8.50. The van der Waals surface area contributed by atoms with Gasteiger partial charge in [0.2, 0.25) is 0 Å². The molecule has 1 N–H and O–H groups in total. The Morgan fingerprint density at radius 2 is 1.79 bits per heavy atom. The molecule has 4 rings (SSSR count). The van der Waals surface area contributed by atoms with Crippen molar-refractivity contribution < 1.29 is 4.79 Å². The predicted octanol–water partition coefficient (Wildman–Crippen LogP) is 4.08. The standard InChI is InChI=1S/C21H20N2O/c24-21(11-10-15-13-22-14-15)18-12-20(16-6-2-1-3-7-16)23-19-9-5-4-8-17(18)19/h1-9,12,15,22H,10-11,13-14H2. The zero-order valence-electron chi connectivity index (χ0n) is 13.5. The molecule has 0 amide bonds. The van der Waals surface area contributed by atoms with Crippen LogP contribution in [0.1, 0.15) is 23.2 Å². The normalized spacial score (nSPS) is 14.5. The van der Waals surface area contributed by atoms with Gasteiger partial charge in [-0.05, 0) is 37.6 Å². The van der Waals surface area contributed by atoms with Crippen molar-refractivity contribution in [2.75, 3.05) is 13.1 Å². The summed E-state index contributed by atoms with van der Waals surface area (Å²) in [6.07, 6.45) is 1.57. The number of fused-ring (bicyclic) bond motifs is 1. The van der Waals surface area contributed by atoms with Crippen LogP contribution in [0.3, 0.4) is 0 Å². The molecule has 2 aromatic carbocycles. The summed E-state index contributed by atoms with van der Waals surface area (Å²) in [6, 6.07) is 19.9. The zero-order chi connectivity index (χ0) is 16.4. The molecule has 1 saturated heterocycles. The molecule has 0 saturated carbocycles. The van der Waals surface area contributed by atoms with E-state index in [0.717, 1.165) is 47.2 Å². The number of ketones is 1. The van der Waals surface area contributed by atoms with Crippen LogP contribution in [-0.4, -0.2) is 23.9 Å². The highest BCUT2D eigenvalue weighted by Gasteiger charge is 2.19. The van der Waals surface area contributed by atoms with E-state index in [1.165, 1.54) is 0 Å². The molecule has 1 fully saturated rings. The molecule has 0 aliphatic carbocycles. The Morgan fingerprint density at radius 1 is 1.04 bits per heavy atom. The highest BCUT2D eigenvalue weighted by atomic mass is 16.1. The Hall–Kier alpha value is -2.52. The van der Waals surface area contributed by atoms with Crippen molar-refractivity contribution in [3.8, 4) is 11.3 Å². The number of rotatable bonds is 5. The molecule has 1 aromatic heterocycles. The number of para-hydroxylation sites is 1. The van der Waals surface area contributed by atoms with Gasteiger partial charge in [0.15, 0.2) is 5.78 Å². The van der Waals surface area contributed by atoms with E-state index in [-0.39, 0.29) is 5.78 Å². The number of benzene rings is 2. The number of aromatic nitrogens is 1. The molecule has 3 aromatic rings. The number of pyridine rings is 1. The highest BCUT2D eigenvalue weighted by Crippen LogP contribution is 2.26. The fourth-order valence-electron chi connectivity index (χ4n) is 3.19. The summed E-state index contributed by atoms with van der Waals surface area (Å²) in [4.78, 5) is 17.6. The molecule has 0 atom stereocenters. The number of hydrogen-bond acceptors (Lipinski definition) is 3. The van der Waals surface area contributed by atoms with Crippen LogP contribution in [0, 0.1) is 5.92 Å². The predicted molar refractivity (Wildman–Crippen MR) is 97.1 cm³/mol. The maximum atomic E-state index is 12.8. The monoisotopic (exact) mass is 316 g/mol. The molecule has 24 heavy (non-hydrogen) atoms. The van der Waals surface area contributed by atoms with Crippen molar-refractivity contribution in [1.82, 2.24) is 10.3 Å². The van der Waals surface area contributed by atoms with Gasteiger partial charge in [-0.25, -0.2) is 4.98 Å². The van der Waals surface area contributed by atoms with Gasteiger partial charge in [-0.1, -0.05) is 48.5 Å². The van der Waals surface area contributed by atoms with Gasteiger partial charge in [0.25, 0.3) is 0 Å². The minimum Gasteiger partial charge on any atom is -0.316 e. The second-order valence-electron chi connectivity index (χ2n) is 6.42. The largest absolute Gasteiger partial charge is 0.316 e. The van der Waals surface area contributed by atoms with E-state index in [2.05, 4.69) is 5.32 Å². The molecule has 0 unspecified atom stereocenters. The zero-order valence-corrected chi connectivity index (χ0v) is 13.5. The van der Waals surface area contributed by atoms with Crippen LogP contribution in [0.4, 0.5) is 0 Å². The summed E-state index contributed by atoms with van der Waals surface area (Å²) in [6.45, 7) is 2.08. The molecule has 3 heteroatoms. The molecule has 1 aliphatic heterocycles. The van der Waals surface area contributed by atoms with Crippen LogP contribution in [0.25, 0.3) is 22.2 Å². The second kappa shape index (κ2) is 6.54. The first kappa shape index (κ1) is 15.0. The van der Waals surface area contributed by atoms with Crippen molar-refractivity contribution in [3.05, 3.63) is 66.2 Å². The molecule has 1 aliphatic rings. The first-order valence-electron chi connectivity index (χ1n) is 8.50. The summed E-state index contributed by atoms with van der Waals surface area (Å²) in [5.41, 5.74) is 3.59. The Morgan fingerprint density at radius 3 is 2.54 bits per heavy atom. The second-order valence-corrected chi connectivity index (χ2v) is 6.42. The maximum absolute atomic E-state index is 12.8. The first-order chi connectivity index (χ1) is 11.8. The summed E-state index contributed by atoms with van der Waals surface area (Å²) in [5.74, 6) is 0.869. The van der Waals surface area contributed by atoms with Crippen molar-refractivity contribution in [1.29, 1.82) is 0 Å². The lowest BCUT2D eigenvalue weighted by atomic mass is 9.93. The highest BCUT2D eigenvalue weighted by molar-refractivity contribution is 6.08. The van der Waals surface area contributed by atoms with Gasteiger partial charge in [-0.15, -0.1) is 0 Å². The minimum atomic E-state index is 0.220. The smallest absolute Gasteiger partial charge is 0.163 e. The minimum absolute atomic E-state index is 0.220.